The van der Waals surface area contributed by atoms with Crippen LogP contribution in [0.5, 0.6) is 0 Å². The van der Waals surface area contributed by atoms with Crippen molar-refractivity contribution in [3.8, 4) is 0 Å². The molecule has 7 heteroatoms. The Morgan fingerprint density at radius 2 is 1.96 bits per heavy atom. The van der Waals surface area contributed by atoms with E-state index in [1.807, 2.05) is 0 Å². The highest BCUT2D eigenvalue weighted by atomic mass is 35.5. The van der Waals surface area contributed by atoms with Gasteiger partial charge in [0.15, 0.2) is 5.78 Å². The van der Waals surface area contributed by atoms with Crippen molar-refractivity contribution in [2.24, 2.45) is 0 Å². The van der Waals surface area contributed by atoms with Gasteiger partial charge in [-0.05, 0) is 42.3 Å². The summed E-state index contributed by atoms with van der Waals surface area (Å²) in [4.78, 5) is 26.3. The number of ketones is 1. The van der Waals surface area contributed by atoms with Gasteiger partial charge in [-0.2, -0.15) is 0 Å². The standard InChI is InChI=1S/C19H17ClFNO4/c20-13-8-12(9-14(21)10-13)6-7-16(23)19(26)17(24)11-22(18(19)25)15-4-2-1-3-5-15/h1-5,8-10,17,24,26H,6-7,11H2/t17-,19+/m0/s1. The second-order valence-electron chi connectivity index (χ2n) is 6.23. The topological polar surface area (TPSA) is 77.8 Å². The van der Waals surface area contributed by atoms with E-state index in [9.17, 15) is 24.2 Å². The van der Waals surface area contributed by atoms with Crippen LogP contribution < -0.4 is 4.90 Å². The molecule has 0 radical (unpaired) electrons. The van der Waals surface area contributed by atoms with E-state index in [0.717, 1.165) is 6.07 Å². The third kappa shape index (κ3) is 3.35. The molecule has 0 bridgehead atoms. The number of para-hydroxylation sites is 1. The fourth-order valence-electron chi connectivity index (χ4n) is 3.08. The van der Waals surface area contributed by atoms with Crippen LogP contribution in [0.2, 0.25) is 5.02 Å². The smallest absolute Gasteiger partial charge is 0.269 e. The molecule has 3 rings (SSSR count). The van der Waals surface area contributed by atoms with Crippen molar-refractivity contribution >= 4 is 29.0 Å². The maximum absolute atomic E-state index is 13.4. The molecule has 2 aromatic rings. The highest BCUT2D eigenvalue weighted by Gasteiger charge is 2.57. The van der Waals surface area contributed by atoms with Crippen LogP contribution in [0.3, 0.4) is 0 Å². The minimum atomic E-state index is -2.51. The average Bonchev–Trinajstić information content (AvgIpc) is 2.85. The normalized spacial score (nSPS) is 22.7. The van der Waals surface area contributed by atoms with E-state index in [0.29, 0.717) is 11.3 Å². The van der Waals surface area contributed by atoms with Gasteiger partial charge in [-0.3, -0.25) is 9.59 Å². The van der Waals surface area contributed by atoms with Gasteiger partial charge in [-0.25, -0.2) is 4.39 Å². The Morgan fingerprint density at radius 3 is 2.62 bits per heavy atom. The van der Waals surface area contributed by atoms with E-state index in [4.69, 9.17) is 11.6 Å². The molecule has 2 atom stereocenters. The van der Waals surface area contributed by atoms with Crippen molar-refractivity contribution < 1.29 is 24.2 Å². The van der Waals surface area contributed by atoms with Gasteiger partial charge in [0.25, 0.3) is 5.91 Å². The van der Waals surface area contributed by atoms with Crippen LogP contribution in [0.25, 0.3) is 0 Å². The summed E-state index contributed by atoms with van der Waals surface area (Å²) in [6, 6.07) is 12.4. The van der Waals surface area contributed by atoms with Gasteiger partial charge < -0.3 is 15.1 Å². The summed E-state index contributed by atoms with van der Waals surface area (Å²) >= 11 is 5.78. The number of hydrogen-bond donors (Lipinski definition) is 2. The third-order valence-electron chi connectivity index (χ3n) is 4.47. The first-order chi connectivity index (χ1) is 12.3. The van der Waals surface area contributed by atoms with Crippen LogP contribution in [0.15, 0.2) is 48.5 Å². The van der Waals surface area contributed by atoms with E-state index in [1.54, 1.807) is 30.3 Å². The van der Waals surface area contributed by atoms with Crippen molar-refractivity contribution in [2.45, 2.75) is 24.5 Å². The number of hydrogen-bond acceptors (Lipinski definition) is 4. The number of carbonyl (C=O) groups is 2. The molecule has 0 aliphatic carbocycles. The Bertz CT molecular complexity index is 824. The maximum Gasteiger partial charge on any atom is 0.269 e. The molecule has 0 spiro atoms. The molecule has 0 saturated carbocycles. The Labute approximate surface area is 154 Å². The predicted molar refractivity (Wildman–Crippen MR) is 94.5 cm³/mol. The molecule has 26 heavy (non-hydrogen) atoms. The number of aryl methyl sites for hydroxylation is 1. The lowest BCUT2D eigenvalue weighted by Crippen LogP contribution is -2.53. The molecule has 1 heterocycles. The van der Waals surface area contributed by atoms with Crippen LogP contribution >= 0.6 is 11.6 Å². The van der Waals surface area contributed by atoms with E-state index in [-0.39, 0.29) is 24.4 Å². The first-order valence-electron chi connectivity index (χ1n) is 8.08. The molecular weight excluding hydrogens is 361 g/mol. The predicted octanol–water partition coefficient (Wildman–Crippen LogP) is 2.12. The summed E-state index contributed by atoms with van der Waals surface area (Å²) in [5.74, 6) is -2.21. The van der Waals surface area contributed by atoms with Gasteiger partial charge in [-0.1, -0.05) is 29.8 Å². The first kappa shape index (κ1) is 18.5. The zero-order valence-electron chi connectivity index (χ0n) is 13.7. The molecule has 2 N–H and O–H groups in total. The van der Waals surface area contributed by atoms with Gasteiger partial charge in [0.1, 0.15) is 11.9 Å². The van der Waals surface area contributed by atoms with Crippen LogP contribution in [-0.4, -0.2) is 40.2 Å². The lowest BCUT2D eigenvalue weighted by atomic mass is 9.90. The lowest BCUT2D eigenvalue weighted by Gasteiger charge is -2.22. The maximum atomic E-state index is 13.4. The zero-order valence-corrected chi connectivity index (χ0v) is 14.5. The van der Waals surface area contributed by atoms with E-state index >= 15 is 0 Å². The Kier molecular flexibility index (Phi) is 5.09. The second kappa shape index (κ2) is 7.15. The second-order valence-corrected chi connectivity index (χ2v) is 6.67. The number of rotatable bonds is 5. The Morgan fingerprint density at radius 1 is 1.27 bits per heavy atom. The number of benzene rings is 2. The SMILES string of the molecule is O=C(CCc1cc(F)cc(Cl)c1)[C@]1(O)C(=O)N(c2ccccc2)C[C@@H]1O. The fraction of sp³-hybridized carbons (Fsp3) is 0.263. The van der Waals surface area contributed by atoms with Crippen molar-refractivity contribution in [3.05, 3.63) is 64.9 Å². The highest BCUT2D eigenvalue weighted by molar-refractivity contribution is 6.30. The Hall–Kier alpha value is -2.28. The van der Waals surface area contributed by atoms with Crippen molar-refractivity contribution in [1.29, 1.82) is 0 Å². The number of Topliss-reactive ketones (excluding diaryl/α,β-unsaturated/α-hetero) is 1. The van der Waals surface area contributed by atoms with Gasteiger partial charge in [0.05, 0.1) is 6.54 Å². The largest absolute Gasteiger partial charge is 0.387 e. The molecule has 1 fully saturated rings. The van der Waals surface area contributed by atoms with Crippen LogP contribution in [0, 0.1) is 5.82 Å². The summed E-state index contributed by atoms with van der Waals surface area (Å²) in [5, 5.41) is 21.0. The number of amides is 1. The molecule has 1 aliphatic rings. The number of nitrogens with zero attached hydrogens (tertiary/aromatic N) is 1. The third-order valence-corrected chi connectivity index (χ3v) is 4.68. The minimum Gasteiger partial charge on any atom is -0.387 e. The first-order valence-corrected chi connectivity index (χ1v) is 8.46. The molecule has 0 unspecified atom stereocenters. The number of β-amino-alcohol motifs (C(OH)–C–C–N with tert-alkyl or cyclic N) is 1. The molecule has 1 saturated heterocycles. The number of halogens is 2. The Balaban J connectivity index is 1.76. The van der Waals surface area contributed by atoms with Gasteiger partial charge >= 0.3 is 0 Å². The molecule has 136 valence electrons. The quantitative estimate of drug-likeness (QED) is 0.782. The number of aliphatic hydroxyl groups excluding tert-OH is 1. The summed E-state index contributed by atoms with van der Waals surface area (Å²) in [6.07, 6.45) is -1.69. The minimum absolute atomic E-state index is 0.0873. The highest BCUT2D eigenvalue weighted by Crippen LogP contribution is 2.30. The van der Waals surface area contributed by atoms with Crippen LogP contribution in [0.4, 0.5) is 10.1 Å². The number of carbonyl (C=O) groups excluding carboxylic acids is 2. The van der Waals surface area contributed by atoms with E-state index < -0.39 is 29.2 Å². The molecule has 0 aromatic heterocycles. The molecule has 1 aliphatic heterocycles. The van der Waals surface area contributed by atoms with Crippen LogP contribution in [0.1, 0.15) is 12.0 Å². The molecule has 2 aromatic carbocycles. The summed E-state index contributed by atoms with van der Waals surface area (Å²) in [7, 11) is 0. The molecule has 1 amide bonds. The summed E-state index contributed by atoms with van der Waals surface area (Å²) < 4.78 is 13.4. The van der Waals surface area contributed by atoms with E-state index in [2.05, 4.69) is 0 Å². The zero-order chi connectivity index (χ0) is 18.9. The monoisotopic (exact) mass is 377 g/mol. The summed E-state index contributed by atoms with van der Waals surface area (Å²) in [6.45, 7) is -0.184. The molecule has 5 nitrogen and oxygen atoms in total. The van der Waals surface area contributed by atoms with Gasteiger partial charge in [0.2, 0.25) is 5.60 Å². The van der Waals surface area contributed by atoms with Crippen molar-refractivity contribution in [2.75, 3.05) is 11.4 Å². The number of anilines is 1. The van der Waals surface area contributed by atoms with Gasteiger partial charge in [-0.15, -0.1) is 0 Å². The van der Waals surface area contributed by atoms with Crippen molar-refractivity contribution in [3.63, 3.8) is 0 Å². The van der Waals surface area contributed by atoms with Crippen molar-refractivity contribution in [1.82, 2.24) is 0 Å². The van der Waals surface area contributed by atoms with Gasteiger partial charge in [0, 0.05) is 17.1 Å². The summed E-state index contributed by atoms with van der Waals surface area (Å²) in [5.41, 5.74) is -1.56. The average molecular weight is 378 g/mol. The molecular formula is C19H17ClFNO4. The number of aliphatic hydroxyl groups is 2. The van der Waals surface area contributed by atoms with E-state index in [1.165, 1.54) is 17.0 Å². The fourth-order valence-corrected chi connectivity index (χ4v) is 3.32. The van der Waals surface area contributed by atoms with Crippen LogP contribution in [-0.2, 0) is 16.0 Å². The lowest BCUT2D eigenvalue weighted by molar-refractivity contribution is -0.156.